The fourth-order valence-electron chi connectivity index (χ4n) is 1.95. The summed E-state index contributed by atoms with van der Waals surface area (Å²) < 4.78 is 0. The standard InChI is InChI=1S/C17H20N4O2/c1-2-3-8-20-16(22)14-6-9-19-15(10-14)17(23)21-12-13-5-4-7-18-11-13/h4-7,9-11H,2-3,8,12H2,1H3,(H,20,22)(H,21,23). The number of hydrogen-bond acceptors (Lipinski definition) is 4. The third kappa shape index (κ3) is 5.18. The second-order valence-corrected chi connectivity index (χ2v) is 5.08. The van der Waals surface area contributed by atoms with Gasteiger partial charge in [0.05, 0.1) is 0 Å². The van der Waals surface area contributed by atoms with E-state index in [9.17, 15) is 9.59 Å². The van der Waals surface area contributed by atoms with Crippen LogP contribution in [0.1, 0.15) is 46.2 Å². The van der Waals surface area contributed by atoms with Gasteiger partial charge in [-0.05, 0) is 30.2 Å². The monoisotopic (exact) mass is 312 g/mol. The van der Waals surface area contributed by atoms with Gasteiger partial charge in [0.2, 0.25) is 0 Å². The first-order chi connectivity index (χ1) is 11.2. The van der Waals surface area contributed by atoms with E-state index in [1.165, 1.54) is 12.3 Å². The number of hydrogen-bond donors (Lipinski definition) is 2. The lowest BCUT2D eigenvalue weighted by molar-refractivity contribution is 0.0946. The van der Waals surface area contributed by atoms with Crippen molar-refractivity contribution in [2.75, 3.05) is 6.54 Å². The minimum Gasteiger partial charge on any atom is -0.352 e. The Kier molecular flexibility index (Phi) is 6.23. The van der Waals surface area contributed by atoms with Crippen LogP contribution in [0.5, 0.6) is 0 Å². The van der Waals surface area contributed by atoms with Crippen molar-refractivity contribution in [1.82, 2.24) is 20.6 Å². The first-order valence-corrected chi connectivity index (χ1v) is 7.62. The molecule has 6 nitrogen and oxygen atoms in total. The van der Waals surface area contributed by atoms with Crippen LogP contribution in [0.25, 0.3) is 0 Å². The molecule has 0 spiro atoms. The zero-order chi connectivity index (χ0) is 16.5. The molecule has 6 heteroatoms. The Labute approximate surface area is 135 Å². The Bertz CT molecular complexity index is 659. The highest BCUT2D eigenvalue weighted by Crippen LogP contribution is 2.03. The molecular formula is C17H20N4O2. The quantitative estimate of drug-likeness (QED) is 0.765. The van der Waals surface area contributed by atoms with Crippen molar-refractivity contribution < 1.29 is 9.59 Å². The Morgan fingerprint density at radius 1 is 1.13 bits per heavy atom. The fraction of sp³-hybridized carbons (Fsp3) is 0.294. The van der Waals surface area contributed by atoms with Gasteiger partial charge in [-0.2, -0.15) is 0 Å². The highest BCUT2D eigenvalue weighted by Gasteiger charge is 2.11. The van der Waals surface area contributed by atoms with Gasteiger partial charge in [-0.3, -0.25) is 19.6 Å². The van der Waals surface area contributed by atoms with E-state index < -0.39 is 0 Å². The van der Waals surface area contributed by atoms with E-state index in [-0.39, 0.29) is 17.5 Å². The maximum Gasteiger partial charge on any atom is 0.270 e. The topological polar surface area (TPSA) is 84.0 Å². The van der Waals surface area contributed by atoms with Crippen LogP contribution in [0.4, 0.5) is 0 Å². The van der Waals surface area contributed by atoms with Crippen molar-refractivity contribution in [2.24, 2.45) is 0 Å². The van der Waals surface area contributed by atoms with Gasteiger partial charge in [0.25, 0.3) is 11.8 Å². The number of aromatic nitrogens is 2. The summed E-state index contributed by atoms with van der Waals surface area (Å²) in [5, 5.41) is 5.58. The van der Waals surface area contributed by atoms with E-state index >= 15 is 0 Å². The number of amides is 2. The van der Waals surface area contributed by atoms with Crippen molar-refractivity contribution in [3.63, 3.8) is 0 Å². The number of rotatable bonds is 7. The third-order valence-electron chi connectivity index (χ3n) is 3.25. The zero-order valence-electron chi connectivity index (χ0n) is 13.1. The minimum absolute atomic E-state index is 0.192. The Morgan fingerprint density at radius 3 is 2.74 bits per heavy atom. The number of nitrogens with one attached hydrogen (secondary N) is 2. The van der Waals surface area contributed by atoms with E-state index in [4.69, 9.17) is 0 Å². The van der Waals surface area contributed by atoms with Crippen molar-refractivity contribution in [1.29, 1.82) is 0 Å². The molecule has 0 aliphatic heterocycles. The van der Waals surface area contributed by atoms with E-state index in [2.05, 4.69) is 27.5 Å². The fourth-order valence-corrected chi connectivity index (χ4v) is 1.95. The van der Waals surface area contributed by atoms with Crippen LogP contribution in [-0.2, 0) is 6.54 Å². The van der Waals surface area contributed by atoms with E-state index in [0.717, 1.165) is 18.4 Å². The van der Waals surface area contributed by atoms with Crippen molar-refractivity contribution in [3.05, 3.63) is 59.7 Å². The predicted molar refractivity (Wildman–Crippen MR) is 86.9 cm³/mol. The molecule has 0 aliphatic rings. The SMILES string of the molecule is CCCCNC(=O)c1ccnc(C(=O)NCc2cccnc2)c1. The van der Waals surface area contributed by atoms with Crippen LogP contribution in [0.3, 0.4) is 0 Å². The van der Waals surface area contributed by atoms with Crippen LogP contribution in [-0.4, -0.2) is 28.3 Å². The largest absolute Gasteiger partial charge is 0.352 e. The average molecular weight is 312 g/mol. The van der Waals surface area contributed by atoms with Crippen LogP contribution in [0.2, 0.25) is 0 Å². The van der Waals surface area contributed by atoms with Crippen LogP contribution in [0, 0.1) is 0 Å². The molecule has 0 saturated carbocycles. The molecule has 2 aromatic heterocycles. The summed E-state index contributed by atoms with van der Waals surface area (Å²) in [5.41, 5.74) is 1.55. The second kappa shape index (κ2) is 8.63. The van der Waals surface area contributed by atoms with Gasteiger partial charge in [-0.25, -0.2) is 0 Å². The summed E-state index contributed by atoms with van der Waals surface area (Å²) in [4.78, 5) is 32.1. The number of pyridine rings is 2. The smallest absolute Gasteiger partial charge is 0.270 e. The van der Waals surface area contributed by atoms with Gasteiger partial charge in [0, 0.05) is 37.2 Å². The summed E-state index contributed by atoms with van der Waals surface area (Å²) in [5.74, 6) is -0.515. The molecule has 0 aromatic carbocycles. The van der Waals surface area contributed by atoms with Gasteiger partial charge in [-0.1, -0.05) is 19.4 Å². The first kappa shape index (κ1) is 16.6. The first-order valence-electron chi connectivity index (χ1n) is 7.62. The highest BCUT2D eigenvalue weighted by atomic mass is 16.2. The molecule has 0 radical (unpaired) electrons. The van der Waals surface area contributed by atoms with Crippen molar-refractivity contribution in [3.8, 4) is 0 Å². The lowest BCUT2D eigenvalue weighted by atomic mass is 10.2. The Hall–Kier alpha value is -2.76. The molecular weight excluding hydrogens is 292 g/mol. The number of unbranched alkanes of at least 4 members (excludes halogenated alkanes) is 1. The molecule has 2 N–H and O–H groups in total. The molecule has 2 heterocycles. The maximum absolute atomic E-state index is 12.1. The van der Waals surface area contributed by atoms with Gasteiger partial charge in [0.15, 0.2) is 0 Å². The molecule has 2 aromatic rings. The van der Waals surface area contributed by atoms with E-state index in [1.54, 1.807) is 24.5 Å². The molecule has 120 valence electrons. The summed E-state index contributed by atoms with van der Waals surface area (Å²) in [7, 11) is 0. The van der Waals surface area contributed by atoms with E-state index in [1.807, 2.05) is 6.07 Å². The van der Waals surface area contributed by atoms with E-state index in [0.29, 0.717) is 18.7 Å². The molecule has 0 atom stereocenters. The van der Waals surface area contributed by atoms with Crippen molar-refractivity contribution in [2.45, 2.75) is 26.3 Å². The zero-order valence-corrected chi connectivity index (χ0v) is 13.1. The normalized spacial score (nSPS) is 10.1. The summed E-state index contributed by atoms with van der Waals surface area (Å²) in [6, 6.07) is 6.78. The molecule has 2 rings (SSSR count). The lowest BCUT2D eigenvalue weighted by Gasteiger charge is -2.07. The maximum atomic E-state index is 12.1. The molecule has 0 aliphatic carbocycles. The lowest BCUT2D eigenvalue weighted by Crippen LogP contribution is -2.26. The Morgan fingerprint density at radius 2 is 2.00 bits per heavy atom. The number of carbonyl (C=O) groups is 2. The summed E-state index contributed by atoms with van der Waals surface area (Å²) >= 11 is 0. The average Bonchev–Trinajstić information content (AvgIpc) is 2.61. The summed E-state index contributed by atoms with van der Waals surface area (Å²) in [6.07, 6.45) is 6.76. The summed E-state index contributed by atoms with van der Waals surface area (Å²) in [6.45, 7) is 3.05. The number of carbonyl (C=O) groups excluding carboxylic acids is 2. The van der Waals surface area contributed by atoms with Gasteiger partial charge < -0.3 is 10.6 Å². The Balaban J connectivity index is 1.95. The van der Waals surface area contributed by atoms with Crippen LogP contribution >= 0.6 is 0 Å². The molecule has 2 amide bonds. The minimum atomic E-state index is -0.322. The van der Waals surface area contributed by atoms with Gasteiger partial charge in [-0.15, -0.1) is 0 Å². The molecule has 0 fully saturated rings. The van der Waals surface area contributed by atoms with Gasteiger partial charge in [0.1, 0.15) is 5.69 Å². The third-order valence-corrected chi connectivity index (χ3v) is 3.25. The molecule has 0 saturated heterocycles. The highest BCUT2D eigenvalue weighted by molar-refractivity contribution is 5.98. The molecule has 23 heavy (non-hydrogen) atoms. The van der Waals surface area contributed by atoms with Gasteiger partial charge >= 0.3 is 0 Å². The van der Waals surface area contributed by atoms with Crippen molar-refractivity contribution >= 4 is 11.8 Å². The van der Waals surface area contributed by atoms with Crippen LogP contribution < -0.4 is 10.6 Å². The predicted octanol–water partition coefficient (Wildman–Crippen LogP) is 1.94. The number of nitrogens with zero attached hydrogens (tertiary/aromatic N) is 2. The second-order valence-electron chi connectivity index (χ2n) is 5.08. The molecule has 0 bridgehead atoms. The van der Waals surface area contributed by atoms with Crippen LogP contribution in [0.15, 0.2) is 42.9 Å². The molecule has 0 unspecified atom stereocenters.